The van der Waals surface area contributed by atoms with Crippen molar-refractivity contribution in [3.63, 3.8) is 0 Å². The molecule has 0 amide bonds. The molecule has 9 nitrogen and oxygen atoms in total. The molecule has 1 fully saturated rings. The Bertz CT molecular complexity index is 1410. The number of tetrazole rings is 1. The predicted octanol–water partition coefficient (Wildman–Crippen LogP) is 2.85. The number of aromatic amines is 1. The highest BCUT2D eigenvalue weighted by atomic mass is 16.5. The van der Waals surface area contributed by atoms with Crippen LogP contribution in [0.4, 0.5) is 0 Å². The average Bonchev–Trinajstić information content (AvgIpc) is 3.57. The maximum absolute atomic E-state index is 13.5. The number of nitrogens with one attached hydrogen (secondary N) is 1. The van der Waals surface area contributed by atoms with E-state index >= 15 is 0 Å². The van der Waals surface area contributed by atoms with E-state index < -0.39 is 6.04 Å². The lowest BCUT2D eigenvalue weighted by molar-refractivity contribution is 0.0904. The van der Waals surface area contributed by atoms with Gasteiger partial charge in [0.05, 0.1) is 25.3 Å². The van der Waals surface area contributed by atoms with E-state index in [1.54, 1.807) is 7.11 Å². The number of fused-ring (bicyclic) bond motifs is 2. The van der Waals surface area contributed by atoms with Gasteiger partial charge in [-0.05, 0) is 64.4 Å². The maximum atomic E-state index is 13.5. The van der Waals surface area contributed by atoms with Crippen LogP contribution < -0.4 is 10.3 Å². The molecule has 2 unspecified atom stereocenters. The van der Waals surface area contributed by atoms with E-state index in [0.717, 1.165) is 43.3 Å². The molecule has 2 aliphatic heterocycles. The molecule has 0 saturated carbocycles. The Morgan fingerprint density at radius 2 is 2.09 bits per heavy atom. The van der Waals surface area contributed by atoms with Gasteiger partial charge >= 0.3 is 0 Å². The molecule has 4 heterocycles. The fourth-order valence-electron chi connectivity index (χ4n) is 5.28. The minimum atomic E-state index is -0.394. The van der Waals surface area contributed by atoms with Crippen LogP contribution in [0.3, 0.4) is 0 Å². The molecule has 0 bridgehead atoms. The van der Waals surface area contributed by atoms with Crippen molar-refractivity contribution in [2.75, 3.05) is 20.3 Å². The second-order valence-corrected chi connectivity index (χ2v) is 9.25. The molecule has 35 heavy (non-hydrogen) atoms. The van der Waals surface area contributed by atoms with Gasteiger partial charge in [0.1, 0.15) is 11.8 Å². The summed E-state index contributed by atoms with van der Waals surface area (Å²) < 4.78 is 13.0. The molecule has 0 radical (unpaired) electrons. The molecule has 2 aliphatic rings. The number of H-pyrrole nitrogens is 1. The second-order valence-electron chi connectivity index (χ2n) is 9.25. The zero-order valence-electron chi connectivity index (χ0n) is 19.7. The third-order valence-corrected chi connectivity index (χ3v) is 7.11. The third-order valence-electron chi connectivity index (χ3n) is 7.11. The monoisotopic (exact) mass is 472 g/mol. The summed E-state index contributed by atoms with van der Waals surface area (Å²) in [7, 11) is 1.62. The van der Waals surface area contributed by atoms with E-state index in [1.165, 1.54) is 11.1 Å². The first-order valence-corrected chi connectivity index (χ1v) is 12.1. The Kier molecular flexibility index (Phi) is 5.79. The molecule has 0 spiro atoms. The van der Waals surface area contributed by atoms with Crippen LogP contribution in [0.1, 0.15) is 41.4 Å². The number of hydrogen-bond donors (Lipinski definition) is 1. The van der Waals surface area contributed by atoms with Crippen molar-refractivity contribution >= 4 is 10.9 Å². The van der Waals surface area contributed by atoms with Crippen LogP contribution in [0.5, 0.6) is 5.75 Å². The van der Waals surface area contributed by atoms with E-state index in [4.69, 9.17) is 9.47 Å². The Hall–Kier alpha value is -3.56. The molecule has 2 aromatic heterocycles. The summed E-state index contributed by atoms with van der Waals surface area (Å²) in [5.41, 5.74) is 3.83. The fourth-order valence-corrected chi connectivity index (χ4v) is 5.28. The number of ether oxygens (including phenoxy) is 2. The number of benzene rings is 2. The predicted molar refractivity (Wildman–Crippen MR) is 130 cm³/mol. The van der Waals surface area contributed by atoms with Gasteiger partial charge in [0, 0.05) is 31.3 Å². The Labute approximate surface area is 202 Å². The summed E-state index contributed by atoms with van der Waals surface area (Å²) in [5, 5.41) is 13.7. The van der Waals surface area contributed by atoms with Crippen LogP contribution in [-0.4, -0.2) is 56.5 Å². The van der Waals surface area contributed by atoms with Gasteiger partial charge in [-0.1, -0.05) is 24.3 Å². The van der Waals surface area contributed by atoms with Crippen LogP contribution in [0.15, 0.2) is 53.3 Å². The SMILES string of the molecule is COc1ccc2cc(C(c3nnnn3CC3CCCO3)N3CCc4ccccc4C3)c(=O)[nH]c2c1. The van der Waals surface area contributed by atoms with Gasteiger partial charge < -0.3 is 14.5 Å². The number of aromatic nitrogens is 5. The molecular weight excluding hydrogens is 444 g/mol. The molecule has 1 saturated heterocycles. The maximum Gasteiger partial charge on any atom is 0.253 e. The fraction of sp³-hybridized carbons (Fsp3) is 0.385. The van der Waals surface area contributed by atoms with Crippen LogP contribution in [-0.2, 0) is 24.2 Å². The number of methoxy groups -OCH3 is 1. The zero-order valence-corrected chi connectivity index (χ0v) is 19.7. The normalized spacial score (nSPS) is 19.1. The first kappa shape index (κ1) is 21.9. The van der Waals surface area contributed by atoms with Crippen LogP contribution in [0.2, 0.25) is 0 Å². The van der Waals surface area contributed by atoms with E-state index in [9.17, 15) is 4.79 Å². The lowest BCUT2D eigenvalue weighted by atomic mass is 9.96. The molecule has 9 heteroatoms. The van der Waals surface area contributed by atoms with Gasteiger partial charge in [-0.3, -0.25) is 9.69 Å². The van der Waals surface area contributed by atoms with Gasteiger partial charge in [0.2, 0.25) is 0 Å². The van der Waals surface area contributed by atoms with Crippen molar-refractivity contribution in [1.82, 2.24) is 30.1 Å². The van der Waals surface area contributed by atoms with Gasteiger partial charge in [-0.2, -0.15) is 0 Å². The Balaban J connectivity index is 1.45. The van der Waals surface area contributed by atoms with Crippen LogP contribution in [0, 0.1) is 0 Å². The second kappa shape index (κ2) is 9.24. The molecule has 1 N–H and O–H groups in total. The van der Waals surface area contributed by atoms with Crippen LogP contribution in [0.25, 0.3) is 10.9 Å². The molecule has 4 aromatic rings. The summed E-state index contributed by atoms with van der Waals surface area (Å²) in [5.74, 6) is 1.36. The van der Waals surface area contributed by atoms with Gasteiger partial charge in [-0.15, -0.1) is 5.10 Å². The van der Waals surface area contributed by atoms with E-state index in [-0.39, 0.29) is 11.7 Å². The number of nitrogens with zero attached hydrogens (tertiary/aromatic N) is 5. The number of pyridine rings is 1. The van der Waals surface area contributed by atoms with Crippen LogP contribution >= 0.6 is 0 Å². The highest BCUT2D eigenvalue weighted by Gasteiger charge is 2.33. The van der Waals surface area contributed by atoms with Crippen molar-refractivity contribution in [3.05, 3.63) is 81.4 Å². The molecule has 6 rings (SSSR count). The van der Waals surface area contributed by atoms with Gasteiger partial charge in [0.25, 0.3) is 5.56 Å². The summed E-state index contributed by atoms with van der Waals surface area (Å²) >= 11 is 0. The van der Waals surface area contributed by atoms with Crippen molar-refractivity contribution in [2.45, 2.75) is 44.5 Å². The molecule has 0 aliphatic carbocycles. The first-order chi connectivity index (χ1) is 17.2. The molecule has 180 valence electrons. The largest absolute Gasteiger partial charge is 0.497 e. The smallest absolute Gasteiger partial charge is 0.253 e. The van der Waals surface area contributed by atoms with Crippen molar-refractivity contribution in [1.29, 1.82) is 0 Å². The quantitative estimate of drug-likeness (QED) is 0.461. The minimum absolute atomic E-state index is 0.0855. The Morgan fingerprint density at radius 3 is 2.91 bits per heavy atom. The van der Waals surface area contributed by atoms with Crippen molar-refractivity contribution in [3.8, 4) is 5.75 Å². The highest BCUT2D eigenvalue weighted by molar-refractivity contribution is 5.80. The Morgan fingerprint density at radius 1 is 1.20 bits per heavy atom. The van der Waals surface area contributed by atoms with E-state index in [0.29, 0.717) is 30.2 Å². The van der Waals surface area contributed by atoms with Gasteiger partial charge in [0.15, 0.2) is 5.82 Å². The first-order valence-electron chi connectivity index (χ1n) is 12.1. The molecular formula is C26H28N6O3. The highest BCUT2D eigenvalue weighted by Crippen LogP contribution is 2.32. The molecule has 2 aromatic carbocycles. The lowest BCUT2D eigenvalue weighted by Crippen LogP contribution is -2.39. The van der Waals surface area contributed by atoms with Crippen molar-refractivity contribution in [2.24, 2.45) is 0 Å². The number of hydrogen-bond acceptors (Lipinski definition) is 7. The number of rotatable bonds is 6. The topological polar surface area (TPSA) is 98.2 Å². The average molecular weight is 473 g/mol. The van der Waals surface area contributed by atoms with E-state index in [2.05, 4.69) is 49.7 Å². The lowest BCUT2D eigenvalue weighted by Gasteiger charge is -2.35. The minimum Gasteiger partial charge on any atom is -0.497 e. The summed E-state index contributed by atoms with van der Waals surface area (Å²) in [6.45, 7) is 2.86. The standard InChI is InChI=1S/C26H28N6O3/c1-34-20-9-8-18-13-22(26(33)27-23(18)14-20)24(31-11-10-17-5-2-3-6-19(17)15-31)25-28-29-30-32(25)16-21-7-4-12-35-21/h2-3,5-6,8-9,13-14,21,24H,4,7,10-12,15-16H2,1H3,(H,27,33). The van der Waals surface area contributed by atoms with Crippen molar-refractivity contribution < 1.29 is 9.47 Å². The molecule has 2 atom stereocenters. The third kappa shape index (κ3) is 4.21. The van der Waals surface area contributed by atoms with Gasteiger partial charge in [-0.25, -0.2) is 4.68 Å². The summed E-state index contributed by atoms with van der Waals surface area (Å²) in [6.07, 6.45) is 3.02. The van der Waals surface area contributed by atoms with E-state index in [1.807, 2.05) is 28.9 Å². The summed E-state index contributed by atoms with van der Waals surface area (Å²) in [6, 6.07) is 15.8. The summed E-state index contributed by atoms with van der Waals surface area (Å²) in [4.78, 5) is 18.9. The zero-order chi connectivity index (χ0) is 23.8.